The van der Waals surface area contributed by atoms with Crippen molar-refractivity contribution in [3.63, 3.8) is 0 Å². The molecule has 0 radical (unpaired) electrons. The van der Waals surface area contributed by atoms with Crippen LogP contribution in [-0.4, -0.2) is 23.7 Å². The second-order valence-corrected chi connectivity index (χ2v) is 7.90. The summed E-state index contributed by atoms with van der Waals surface area (Å²) < 4.78 is 56.4. The first-order chi connectivity index (χ1) is 13.1. The van der Waals surface area contributed by atoms with Gasteiger partial charge >= 0.3 is 0 Å². The van der Waals surface area contributed by atoms with Gasteiger partial charge < -0.3 is 11.1 Å². The fourth-order valence-electron chi connectivity index (χ4n) is 3.16. The van der Waals surface area contributed by atoms with Gasteiger partial charge in [0.25, 0.3) is 5.92 Å². The summed E-state index contributed by atoms with van der Waals surface area (Å²) in [6, 6.07) is 2.08. The highest BCUT2D eigenvalue weighted by Gasteiger charge is 2.37. The second kappa shape index (κ2) is 7.63. The van der Waals surface area contributed by atoms with E-state index in [0.29, 0.717) is 5.56 Å². The third-order valence-electron chi connectivity index (χ3n) is 4.55. The number of halogens is 4. The lowest BCUT2D eigenvalue weighted by atomic mass is 9.97. The third-order valence-corrected chi connectivity index (χ3v) is 5.69. The molecule has 1 aliphatic carbocycles. The molecule has 0 fully saturated rings. The molecular formula is C19H18F4N2O2S. The van der Waals surface area contributed by atoms with Crippen LogP contribution in [0.4, 0.5) is 22.6 Å². The average Bonchev–Trinajstić information content (AvgIpc) is 2.82. The largest absolute Gasteiger partial charge is 0.320 e. The van der Waals surface area contributed by atoms with E-state index in [1.807, 2.05) is 0 Å². The maximum absolute atomic E-state index is 14.2. The SMILES string of the molecule is C[C@H](N)C(=O)Nc1sc2c(c1C(=O)c1c(F)cccc1F)CCCC(F)(F)C2. The molecule has 9 heteroatoms. The lowest BCUT2D eigenvalue weighted by molar-refractivity contribution is -0.117. The minimum Gasteiger partial charge on any atom is -0.320 e. The summed E-state index contributed by atoms with van der Waals surface area (Å²) in [6.45, 7) is 1.42. The third kappa shape index (κ3) is 3.95. The normalized spacial score (nSPS) is 16.8. The van der Waals surface area contributed by atoms with Crippen molar-refractivity contribution in [2.24, 2.45) is 5.73 Å². The highest BCUT2D eigenvalue weighted by molar-refractivity contribution is 7.17. The summed E-state index contributed by atoms with van der Waals surface area (Å²) in [5, 5.41) is 2.43. The molecule has 1 aromatic carbocycles. The van der Waals surface area contributed by atoms with Crippen LogP contribution in [0.3, 0.4) is 0 Å². The number of nitrogens with two attached hydrogens (primary N) is 1. The van der Waals surface area contributed by atoms with Gasteiger partial charge in [0.05, 0.1) is 17.2 Å². The summed E-state index contributed by atoms with van der Waals surface area (Å²) in [5.41, 5.74) is 4.90. The van der Waals surface area contributed by atoms with E-state index in [1.165, 1.54) is 6.92 Å². The van der Waals surface area contributed by atoms with Gasteiger partial charge in [0.15, 0.2) is 0 Å². The maximum atomic E-state index is 14.2. The number of carbonyl (C=O) groups is 2. The van der Waals surface area contributed by atoms with Crippen molar-refractivity contribution in [3.05, 3.63) is 51.4 Å². The van der Waals surface area contributed by atoms with E-state index >= 15 is 0 Å². The molecule has 1 aromatic heterocycles. The van der Waals surface area contributed by atoms with E-state index in [9.17, 15) is 27.2 Å². The minimum absolute atomic E-state index is 0.0161. The molecule has 1 heterocycles. The monoisotopic (exact) mass is 414 g/mol. The van der Waals surface area contributed by atoms with E-state index in [4.69, 9.17) is 5.73 Å². The fourth-order valence-corrected chi connectivity index (χ4v) is 4.49. The van der Waals surface area contributed by atoms with Gasteiger partial charge in [-0.25, -0.2) is 17.6 Å². The number of benzene rings is 1. The zero-order chi connectivity index (χ0) is 20.6. The molecule has 0 unspecified atom stereocenters. The Morgan fingerprint density at radius 2 is 1.86 bits per heavy atom. The number of alkyl halides is 2. The Bertz CT molecular complexity index is 920. The van der Waals surface area contributed by atoms with E-state index in [1.54, 1.807) is 0 Å². The minimum atomic E-state index is -2.96. The van der Waals surface area contributed by atoms with Crippen LogP contribution in [0, 0.1) is 11.6 Å². The zero-order valence-electron chi connectivity index (χ0n) is 15.0. The topological polar surface area (TPSA) is 72.2 Å². The molecule has 1 aliphatic rings. The number of rotatable bonds is 4. The van der Waals surface area contributed by atoms with Crippen molar-refractivity contribution < 1.29 is 27.2 Å². The van der Waals surface area contributed by atoms with Gasteiger partial charge in [-0.3, -0.25) is 9.59 Å². The van der Waals surface area contributed by atoms with E-state index < -0.39 is 47.3 Å². The van der Waals surface area contributed by atoms with Crippen molar-refractivity contribution in [3.8, 4) is 0 Å². The number of thiophene rings is 1. The molecule has 0 spiro atoms. The van der Waals surface area contributed by atoms with Gasteiger partial charge in [0.1, 0.15) is 16.6 Å². The molecule has 0 bridgehead atoms. The quantitative estimate of drug-likeness (QED) is 0.450. The number of anilines is 1. The van der Waals surface area contributed by atoms with Gasteiger partial charge in [-0.1, -0.05) is 6.07 Å². The Balaban J connectivity index is 2.16. The van der Waals surface area contributed by atoms with Crippen molar-refractivity contribution in [2.45, 2.75) is 44.6 Å². The molecule has 3 N–H and O–H groups in total. The summed E-state index contributed by atoms with van der Waals surface area (Å²) in [6.07, 6.45) is -0.692. The van der Waals surface area contributed by atoms with Crippen LogP contribution in [0.5, 0.6) is 0 Å². The van der Waals surface area contributed by atoms with Gasteiger partial charge in [0.2, 0.25) is 11.7 Å². The van der Waals surface area contributed by atoms with Crippen LogP contribution in [0.25, 0.3) is 0 Å². The Morgan fingerprint density at radius 3 is 2.46 bits per heavy atom. The van der Waals surface area contributed by atoms with Crippen LogP contribution >= 0.6 is 11.3 Å². The lowest BCUT2D eigenvalue weighted by Crippen LogP contribution is -2.32. The number of hydrogen-bond donors (Lipinski definition) is 2. The Labute approximate surface area is 162 Å². The first-order valence-electron chi connectivity index (χ1n) is 8.68. The Kier molecular flexibility index (Phi) is 5.58. The van der Waals surface area contributed by atoms with E-state index in [0.717, 1.165) is 29.5 Å². The maximum Gasteiger partial charge on any atom is 0.252 e. The molecule has 0 saturated heterocycles. The molecule has 1 amide bonds. The number of ketones is 1. The zero-order valence-corrected chi connectivity index (χ0v) is 15.8. The molecule has 2 aromatic rings. The standard InChI is InChI=1S/C19H18F4N2O2S/c1-9(24)17(27)25-18-14(16(26)15-11(20)5-2-6-12(15)21)10-4-3-7-19(22,23)8-13(10)28-18/h2,5-6,9H,3-4,7-8,24H2,1H3,(H,25,27)/t9-/m0/s1. The van der Waals surface area contributed by atoms with Gasteiger partial charge in [0, 0.05) is 17.7 Å². The van der Waals surface area contributed by atoms with E-state index in [2.05, 4.69) is 5.32 Å². The number of amides is 1. The van der Waals surface area contributed by atoms with Gasteiger partial charge in [-0.05, 0) is 37.5 Å². The smallest absolute Gasteiger partial charge is 0.252 e. The summed E-state index contributed by atoms with van der Waals surface area (Å²) in [5.74, 6) is -6.70. The van der Waals surface area contributed by atoms with Crippen molar-refractivity contribution >= 4 is 28.0 Å². The molecule has 150 valence electrons. The number of carbonyl (C=O) groups excluding carboxylic acids is 2. The lowest BCUT2D eigenvalue weighted by Gasteiger charge is -2.12. The molecule has 0 aliphatic heterocycles. The number of hydrogen-bond acceptors (Lipinski definition) is 4. The Hall–Kier alpha value is -2.26. The second-order valence-electron chi connectivity index (χ2n) is 6.80. The summed E-state index contributed by atoms with van der Waals surface area (Å²) in [4.78, 5) is 25.3. The summed E-state index contributed by atoms with van der Waals surface area (Å²) in [7, 11) is 0. The molecule has 3 rings (SSSR count). The average molecular weight is 414 g/mol. The predicted molar refractivity (Wildman–Crippen MR) is 98.0 cm³/mol. The molecule has 0 saturated carbocycles. The van der Waals surface area contributed by atoms with Crippen molar-refractivity contribution in [2.75, 3.05) is 5.32 Å². The van der Waals surface area contributed by atoms with Gasteiger partial charge in [-0.2, -0.15) is 0 Å². The first kappa shape index (κ1) is 20.5. The van der Waals surface area contributed by atoms with Crippen LogP contribution in [0.2, 0.25) is 0 Å². The summed E-state index contributed by atoms with van der Waals surface area (Å²) >= 11 is 0.825. The van der Waals surface area contributed by atoms with Gasteiger partial charge in [-0.15, -0.1) is 11.3 Å². The molecular weight excluding hydrogens is 396 g/mol. The fraction of sp³-hybridized carbons (Fsp3) is 0.368. The molecule has 1 atom stereocenters. The highest BCUT2D eigenvalue weighted by Crippen LogP contribution is 2.42. The van der Waals surface area contributed by atoms with Crippen LogP contribution in [0.15, 0.2) is 18.2 Å². The molecule has 28 heavy (non-hydrogen) atoms. The predicted octanol–water partition coefficient (Wildman–Crippen LogP) is 4.06. The van der Waals surface area contributed by atoms with E-state index in [-0.39, 0.29) is 34.7 Å². The van der Waals surface area contributed by atoms with Crippen LogP contribution < -0.4 is 11.1 Å². The highest BCUT2D eigenvalue weighted by atomic mass is 32.1. The number of nitrogens with one attached hydrogen (secondary N) is 1. The van der Waals surface area contributed by atoms with Crippen molar-refractivity contribution in [1.29, 1.82) is 0 Å². The number of fused-ring (bicyclic) bond motifs is 1. The van der Waals surface area contributed by atoms with Crippen molar-refractivity contribution in [1.82, 2.24) is 0 Å². The molecule has 4 nitrogen and oxygen atoms in total. The first-order valence-corrected chi connectivity index (χ1v) is 9.50. The van der Waals surface area contributed by atoms with Crippen LogP contribution in [0.1, 0.15) is 46.1 Å². The van der Waals surface area contributed by atoms with Crippen LogP contribution in [-0.2, 0) is 17.6 Å². The Morgan fingerprint density at radius 1 is 1.21 bits per heavy atom.